The van der Waals surface area contributed by atoms with Crippen LogP contribution in [-0.4, -0.2) is 18.4 Å². The number of ether oxygens (including phenoxy) is 2. The first-order chi connectivity index (χ1) is 4.68. The molecule has 0 bridgehead atoms. The molecule has 0 aliphatic carbocycles. The number of hydrogen-bond donors (Lipinski definition) is 0. The summed E-state index contributed by atoms with van der Waals surface area (Å²) in [5.74, 6) is -0.265. The van der Waals surface area contributed by atoms with Crippen LogP contribution in [0.1, 0.15) is 26.7 Å². The summed E-state index contributed by atoms with van der Waals surface area (Å²) in [6.07, 6.45) is 1.77. The van der Waals surface area contributed by atoms with E-state index in [0.29, 0.717) is 0 Å². The third-order valence-electron chi connectivity index (χ3n) is 1.49. The van der Waals surface area contributed by atoms with Crippen LogP contribution in [0.5, 0.6) is 0 Å². The highest BCUT2D eigenvalue weighted by Gasteiger charge is 2.23. The Labute approximate surface area is 60.3 Å². The predicted molar refractivity (Wildman–Crippen MR) is 35.3 cm³/mol. The topological polar surface area (TPSA) is 35.5 Å². The lowest BCUT2D eigenvalue weighted by molar-refractivity contribution is -0.171. The first-order valence-corrected chi connectivity index (χ1v) is 3.51. The van der Waals surface area contributed by atoms with E-state index in [-0.39, 0.29) is 18.4 Å². The molecule has 1 aliphatic rings. The van der Waals surface area contributed by atoms with E-state index in [1.54, 1.807) is 0 Å². The number of rotatable bonds is 1. The molecule has 1 heterocycles. The van der Waals surface area contributed by atoms with Gasteiger partial charge in [0.1, 0.15) is 0 Å². The molecule has 0 radical (unpaired) electrons. The van der Waals surface area contributed by atoms with Crippen molar-refractivity contribution in [2.24, 2.45) is 0 Å². The van der Waals surface area contributed by atoms with Gasteiger partial charge in [-0.25, -0.2) is 0 Å². The summed E-state index contributed by atoms with van der Waals surface area (Å²) in [5.41, 5.74) is 0. The smallest absolute Gasteiger partial charge is 0.304 e. The highest BCUT2D eigenvalue weighted by Crippen LogP contribution is 2.19. The molecular weight excluding hydrogens is 132 g/mol. The molecule has 3 nitrogen and oxygen atoms in total. The second kappa shape index (κ2) is 3.01. The monoisotopic (exact) mass is 144 g/mol. The molecule has 1 fully saturated rings. The summed E-state index contributed by atoms with van der Waals surface area (Å²) in [6, 6.07) is 0. The van der Waals surface area contributed by atoms with Gasteiger partial charge in [0.25, 0.3) is 0 Å². The van der Waals surface area contributed by atoms with E-state index in [1.165, 1.54) is 6.92 Å². The van der Waals surface area contributed by atoms with Crippen molar-refractivity contribution < 1.29 is 14.3 Å². The van der Waals surface area contributed by atoms with Gasteiger partial charge in [0, 0.05) is 13.3 Å². The Morgan fingerprint density at radius 1 is 1.60 bits per heavy atom. The van der Waals surface area contributed by atoms with Crippen molar-refractivity contribution in [1.82, 2.24) is 0 Å². The first-order valence-electron chi connectivity index (χ1n) is 3.51. The predicted octanol–water partition coefficient (Wildman–Crippen LogP) is 1.07. The molecule has 0 amide bonds. The van der Waals surface area contributed by atoms with Crippen LogP contribution in [-0.2, 0) is 14.3 Å². The molecule has 0 aromatic heterocycles. The minimum absolute atomic E-state index is 0.240. The van der Waals surface area contributed by atoms with Gasteiger partial charge < -0.3 is 9.47 Å². The summed E-state index contributed by atoms with van der Waals surface area (Å²) >= 11 is 0. The molecule has 2 atom stereocenters. The fourth-order valence-electron chi connectivity index (χ4n) is 1.04. The Bertz CT molecular complexity index is 133. The average Bonchev–Trinajstić information content (AvgIpc) is 2.13. The zero-order valence-corrected chi connectivity index (χ0v) is 6.29. The van der Waals surface area contributed by atoms with Gasteiger partial charge in [0.05, 0.1) is 6.10 Å². The van der Waals surface area contributed by atoms with Gasteiger partial charge in [-0.05, 0) is 13.3 Å². The minimum atomic E-state index is -0.285. The minimum Gasteiger partial charge on any atom is -0.436 e. The first kappa shape index (κ1) is 7.54. The van der Waals surface area contributed by atoms with Crippen LogP contribution in [0.15, 0.2) is 0 Å². The van der Waals surface area contributed by atoms with Crippen molar-refractivity contribution in [1.29, 1.82) is 0 Å². The summed E-state index contributed by atoms with van der Waals surface area (Å²) in [4.78, 5) is 10.4. The van der Waals surface area contributed by atoms with Crippen molar-refractivity contribution in [3.05, 3.63) is 0 Å². The van der Waals surface area contributed by atoms with Crippen molar-refractivity contribution in [2.75, 3.05) is 0 Å². The van der Waals surface area contributed by atoms with E-state index >= 15 is 0 Å². The van der Waals surface area contributed by atoms with Gasteiger partial charge >= 0.3 is 5.97 Å². The third kappa shape index (κ3) is 1.99. The Hall–Kier alpha value is -0.570. The van der Waals surface area contributed by atoms with E-state index in [0.717, 1.165) is 12.8 Å². The zero-order valence-electron chi connectivity index (χ0n) is 6.29. The van der Waals surface area contributed by atoms with Crippen LogP contribution >= 0.6 is 0 Å². The Morgan fingerprint density at radius 3 is 2.70 bits per heavy atom. The highest BCUT2D eigenvalue weighted by atomic mass is 16.7. The molecule has 0 spiro atoms. The third-order valence-corrected chi connectivity index (χ3v) is 1.49. The molecule has 0 N–H and O–H groups in total. The average molecular weight is 144 g/mol. The van der Waals surface area contributed by atoms with Crippen LogP contribution in [0.2, 0.25) is 0 Å². The zero-order chi connectivity index (χ0) is 7.56. The standard InChI is InChI=1S/C7H12O3/c1-5-3-4-7(9-5)10-6(2)8/h5,7H,3-4H2,1-2H3/t5-,7+/m1/s1. The van der Waals surface area contributed by atoms with E-state index < -0.39 is 0 Å². The lowest BCUT2D eigenvalue weighted by atomic mass is 10.3. The van der Waals surface area contributed by atoms with Gasteiger partial charge in [-0.2, -0.15) is 0 Å². The number of esters is 1. The molecule has 1 rings (SSSR count). The number of hydrogen-bond acceptors (Lipinski definition) is 3. The SMILES string of the molecule is CC(=O)O[C@H]1CC[C@@H](C)O1. The molecule has 0 saturated carbocycles. The van der Waals surface area contributed by atoms with E-state index in [2.05, 4.69) is 0 Å². The Balaban J connectivity index is 2.24. The lowest BCUT2D eigenvalue weighted by Gasteiger charge is -2.09. The van der Waals surface area contributed by atoms with Gasteiger partial charge in [-0.15, -0.1) is 0 Å². The van der Waals surface area contributed by atoms with Crippen molar-refractivity contribution in [3.8, 4) is 0 Å². The molecule has 0 unspecified atom stereocenters. The molecule has 10 heavy (non-hydrogen) atoms. The summed E-state index contributed by atoms with van der Waals surface area (Å²) in [7, 11) is 0. The van der Waals surface area contributed by atoms with Gasteiger partial charge in [0.15, 0.2) is 0 Å². The maximum absolute atomic E-state index is 10.4. The second-order valence-electron chi connectivity index (χ2n) is 2.56. The molecule has 1 aliphatic heterocycles. The summed E-state index contributed by atoms with van der Waals surface area (Å²) in [6.45, 7) is 3.37. The molecular formula is C7H12O3. The lowest BCUT2D eigenvalue weighted by Crippen LogP contribution is -2.15. The highest BCUT2D eigenvalue weighted by molar-refractivity contribution is 5.66. The van der Waals surface area contributed by atoms with Crippen molar-refractivity contribution >= 4 is 5.97 Å². The van der Waals surface area contributed by atoms with Crippen molar-refractivity contribution in [2.45, 2.75) is 39.1 Å². The van der Waals surface area contributed by atoms with E-state index in [4.69, 9.17) is 9.47 Å². The molecule has 0 aromatic rings. The van der Waals surface area contributed by atoms with Crippen LogP contribution in [0, 0.1) is 0 Å². The molecule has 3 heteroatoms. The molecule has 1 saturated heterocycles. The van der Waals surface area contributed by atoms with E-state index in [9.17, 15) is 4.79 Å². The van der Waals surface area contributed by atoms with Crippen LogP contribution in [0.25, 0.3) is 0 Å². The number of carbonyl (C=O) groups excluding carboxylic acids is 1. The number of carbonyl (C=O) groups is 1. The quantitative estimate of drug-likeness (QED) is 0.516. The van der Waals surface area contributed by atoms with Gasteiger partial charge in [-0.1, -0.05) is 0 Å². The van der Waals surface area contributed by atoms with Gasteiger partial charge in [0.2, 0.25) is 6.29 Å². The van der Waals surface area contributed by atoms with Crippen LogP contribution in [0.3, 0.4) is 0 Å². The summed E-state index contributed by atoms with van der Waals surface area (Å²) < 4.78 is 10.0. The van der Waals surface area contributed by atoms with Gasteiger partial charge in [-0.3, -0.25) is 4.79 Å². The second-order valence-corrected chi connectivity index (χ2v) is 2.56. The Morgan fingerprint density at radius 2 is 2.30 bits per heavy atom. The van der Waals surface area contributed by atoms with Crippen molar-refractivity contribution in [3.63, 3.8) is 0 Å². The molecule has 58 valence electrons. The molecule has 0 aromatic carbocycles. The van der Waals surface area contributed by atoms with Crippen LogP contribution < -0.4 is 0 Å². The Kier molecular flexibility index (Phi) is 2.27. The normalized spacial score (nSPS) is 32.2. The summed E-state index contributed by atoms with van der Waals surface area (Å²) in [5, 5.41) is 0. The van der Waals surface area contributed by atoms with E-state index in [1.807, 2.05) is 6.92 Å². The fourth-order valence-corrected chi connectivity index (χ4v) is 1.04. The van der Waals surface area contributed by atoms with Crippen LogP contribution in [0.4, 0.5) is 0 Å². The maximum Gasteiger partial charge on any atom is 0.304 e. The maximum atomic E-state index is 10.4. The fraction of sp³-hybridized carbons (Fsp3) is 0.857. The largest absolute Gasteiger partial charge is 0.436 e.